The first-order valence-corrected chi connectivity index (χ1v) is 8.47. The Morgan fingerprint density at radius 2 is 2.26 bits per heavy atom. The van der Waals surface area contributed by atoms with Gasteiger partial charge in [-0.3, -0.25) is 9.88 Å². The Balaban J connectivity index is 1.97. The Morgan fingerprint density at radius 3 is 2.95 bits per heavy atom. The number of likely N-dealkylation sites (tertiary alicyclic amines) is 1. The predicted octanol–water partition coefficient (Wildman–Crippen LogP) is 1.08. The van der Waals surface area contributed by atoms with Gasteiger partial charge in [0.05, 0.1) is 18.0 Å². The molecule has 1 aromatic heterocycles. The van der Waals surface area contributed by atoms with Crippen molar-refractivity contribution in [2.24, 2.45) is 0 Å². The number of pyridine rings is 1. The fourth-order valence-electron chi connectivity index (χ4n) is 2.55. The van der Waals surface area contributed by atoms with E-state index in [2.05, 4.69) is 20.7 Å². The normalized spacial score (nSPS) is 20.8. The van der Waals surface area contributed by atoms with E-state index in [9.17, 15) is 8.42 Å². The second kappa shape index (κ2) is 5.98. The third kappa shape index (κ3) is 4.26. The topological polar surface area (TPSA) is 62.3 Å². The zero-order valence-corrected chi connectivity index (χ0v) is 12.3. The second-order valence-electron chi connectivity index (χ2n) is 5.06. The van der Waals surface area contributed by atoms with Gasteiger partial charge in [-0.25, -0.2) is 13.1 Å². The maximum Gasteiger partial charge on any atom is 0.208 e. The van der Waals surface area contributed by atoms with Crippen LogP contribution in [0.15, 0.2) is 18.2 Å². The van der Waals surface area contributed by atoms with E-state index in [1.165, 1.54) is 6.26 Å². The van der Waals surface area contributed by atoms with Gasteiger partial charge in [-0.15, -0.1) is 0 Å². The summed E-state index contributed by atoms with van der Waals surface area (Å²) in [5.41, 5.74) is 2.12. The molecule has 1 fully saturated rings. The highest BCUT2D eigenvalue weighted by atomic mass is 32.2. The van der Waals surface area contributed by atoms with Crippen LogP contribution in [0.1, 0.15) is 30.3 Å². The SMILES string of the molecule is Cc1cccc(C2CCCN2CCNS(C)(=O)=O)n1. The van der Waals surface area contributed by atoms with Crippen LogP contribution >= 0.6 is 0 Å². The van der Waals surface area contributed by atoms with Crippen LogP contribution in [0.5, 0.6) is 0 Å². The van der Waals surface area contributed by atoms with Gasteiger partial charge in [-0.2, -0.15) is 0 Å². The molecule has 106 valence electrons. The average Bonchev–Trinajstić information content (AvgIpc) is 2.75. The maximum atomic E-state index is 11.1. The third-order valence-electron chi connectivity index (χ3n) is 3.38. The minimum absolute atomic E-state index is 0.321. The zero-order valence-electron chi connectivity index (χ0n) is 11.5. The molecule has 1 saturated heterocycles. The van der Waals surface area contributed by atoms with Crippen molar-refractivity contribution >= 4 is 10.0 Å². The fourth-order valence-corrected chi connectivity index (χ4v) is 3.02. The first-order valence-electron chi connectivity index (χ1n) is 6.58. The molecule has 1 unspecified atom stereocenters. The molecule has 0 amide bonds. The summed E-state index contributed by atoms with van der Waals surface area (Å²) in [5, 5.41) is 0. The van der Waals surface area contributed by atoms with E-state index in [0.717, 1.165) is 37.3 Å². The molecule has 19 heavy (non-hydrogen) atoms. The minimum atomic E-state index is -3.10. The third-order valence-corrected chi connectivity index (χ3v) is 4.11. The first-order chi connectivity index (χ1) is 8.96. The van der Waals surface area contributed by atoms with E-state index in [1.54, 1.807) is 0 Å². The summed E-state index contributed by atoms with van der Waals surface area (Å²) >= 11 is 0. The smallest absolute Gasteiger partial charge is 0.208 e. The quantitative estimate of drug-likeness (QED) is 0.878. The number of hydrogen-bond acceptors (Lipinski definition) is 4. The van der Waals surface area contributed by atoms with Gasteiger partial charge in [0.1, 0.15) is 0 Å². The summed E-state index contributed by atoms with van der Waals surface area (Å²) in [6, 6.07) is 6.40. The molecule has 1 aromatic rings. The Bertz CT molecular complexity index is 530. The van der Waals surface area contributed by atoms with Crippen LogP contribution in [0.3, 0.4) is 0 Å². The summed E-state index contributed by atoms with van der Waals surface area (Å²) in [4.78, 5) is 6.89. The highest BCUT2D eigenvalue weighted by molar-refractivity contribution is 7.88. The fraction of sp³-hybridized carbons (Fsp3) is 0.615. The van der Waals surface area contributed by atoms with Crippen LogP contribution in [0.25, 0.3) is 0 Å². The van der Waals surface area contributed by atoms with Crippen molar-refractivity contribution in [3.63, 3.8) is 0 Å². The first kappa shape index (κ1) is 14.4. The average molecular weight is 283 g/mol. The lowest BCUT2D eigenvalue weighted by atomic mass is 10.1. The van der Waals surface area contributed by atoms with Gasteiger partial charge in [0.25, 0.3) is 0 Å². The molecule has 0 saturated carbocycles. The van der Waals surface area contributed by atoms with Gasteiger partial charge in [-0.1, -0.05) is 6.07 Å². The molecule has 1 aliphatic rings. The highest BCUT2D eigenvalue weighted by Gasteiger charge is 2.26. The van der Waals surface area contributed by atoms with Gasteiger partial charge in [0, 0.05) is 18.8 Å². The van der Waals surface area contributed by atoms with Crippen molar-refractivity contribution < 1.29 is 8.42 Å². The highest BCUT2D eigenvalue weighted by Crippen LogP contribution is 2.30. The minimum Gasteiger partial charge on any atom is -0.293 e. The Hall–Kier alpha value is -0.980. The Morgan fingerprint density at radius 1 is 1.47 bits per heavy atom. The zero-order chi connectivity index (χ0) is 13.9. The van der Waals surface area contributed by atoms with Gasteiger partial charge in [0.2, 0.25) is 10.0 Å². The van der Waals surface area contributed by atoms with Crippen molar-refractivity contribution in [2.75, 3.05) is 25.9 Å². The molecule has 2 rings (SSSR count). The lowest BCUT2D eigenvalue weighted by Crippen LogP contribution is -2.34. The number of rotatable bonds is 5. The van der Waals surface area contributed by atoms with Gasteiger partial charge >= 0.3 is 0 Å². The van der Waals surface area contributed by atoms with E-state index >= 15 is 0 Å². The number of hydrogen-bond donors (Lipinski definition) is 1. The number of nitrogens with one attached hydrogen (secondary N) is 1. The molecule has 2 heterocycles. The molecule has 1 atom stereocenters. The Kier molecular flexibility index (Phi) is 4.54. The van der Waals surface area contributed by atoms with Crippen LogP contribution in [-0.2, 0) is 10.0 Å². The van der Waals surface area contributed by atoms with Crippen LogP contribution in [0.2, 0.25) is 0 Å². The van der Waals surface area contributed by atoms with Crippen molar-refractivity contribution in [1.82, 2.24) is 14.6 Å². The maximum absolute atomic E-state index is 11.1. The van der Waals surface area contributed by atoms with Crippen LogP contribution in [0, 0.1) is 6.92 Å². The largest absolute Gasteiger partial charge is 0.293 e. The van der Waals surface area contributed by atoms with E-state index in [0.29, 0.717) is 12.6 Å². The van der Waals surface area contributed by atoms with E-state index in [1.807, 2.05) is 19.1 Å². The molecule has 0 radical (unpaired) electrons. The molecule has 0 aliphatic carbocycles. The molecule has 5 nitrogen and oxygen atoms in total. The molecule has 0 bridgehead atoms. The standard InChI is InChI=1S/C13H21N3O2S/c1-11-5-3-6-12(15-11)13-7-4-9-16(13)10-8-14-19(2,17)18/h3,5-6,13-14H,4,7-10H2,1-2H3. The molecule has 0 aromatic carbocycles. The summed E-state index contributed by atoms with van der Waals surface area (Å²) in [5.74, 6) is 0. The molecular weight excluding hydrogens is 262 g/mol. The number of aryl methyl sites for hydroxylation is 1. The van der Waals surface area contributed by atoms with E-state index < -0.39 is 10.0 Å². The predicted molar refractivity (Wildman–Crippen MR) is 75.4 cm³/mol. The monoisotopic (exact) mass is 283 g/mol. The Labute approximate surface area is 115 Å². The number of aromatic nitrogens is 1. The van der Waals surface area contributed by atoms with Gasteiger partial charge < -0.3 is 0 Å². The second-order valence-corrected chi connectivity index (χ2v) is 6.90. The van der Waals surface area contributed by atoms with Crippen molar-refractivity contribution in [2.45, 2.75) is 25.8 Å². The van der Waals surface area contributed by atoms with Crippen molar-refractivity contribution in [3.8, 4) is 0 Å². The molecule has 1 aliphatic heterocycles. The van der Waals surface area contributed by atoms with Gasteiger partial charge in [-0.05, 0) is 38.4 Å². The molecule has 1 N–H and O–H groups in total. The lowest BCUT2D eigenvalue weighted by molar-refractivity contribution is 0.257. The lowest BCUT2D eigenvalue weighted by Gasteiger charge is -2.24. The van der Waals surface area contributed by atoms with Gasteiger partial charge in [0.15, 0.2) is 0 Å². The summed E-state index contributed by atoms with van der Waals surface area (Å²) in [6.07, 6.45) is 3.42. The summed E-state index contributed by atoms with van der Waals surface area (Å²) in [6.45, 7) is 4.19. The number of sulfonamides is 1. The van der Waals surface area contributed by atoms with Crippen LogP contribution < -0.4 is 4.72 Å². The van der Waals surface area contributed by atoms with E-state index in [-0.39, 0.29) is 0 Å². The molecule has 6 heteroatoms. The summed E-state index contributed by atoms with van der Waals surface area (Å²) < 4.78 is 24.7. The van der Waals surface area contributed by atoms with E-state index in [4.69, 9.17) is 0 Å². The van der Waals surface area contributed by atoms with Crippen LogP contribution in [-0.4, -0.2) is 44.2 Å². The number of nitrogens with zero attached hydrogens (tertiary/aromatic N) is 2. The van der Waals surface area contributed by atoms with Crippen LogP contribution in [0.4, 0.5) is 0 Å². The van der Waals surface area contributed by atoms with Crippen molar-refractivity contribution in [3.05, 3.63) is 29.6 Å². The summed E-state index contributed by atoms with van der Waals surface area (Å²) in [7, 11) is -3.10. The molecular formula is C13H21N3O2S. The molecule has 0 spiro atoms. The van der Waals surface area contributed by atoms with Crippen molar-refractivity contribution in [1.29, 1.82) is 0 Å².